The molecule has 4 nitrogen and oxygen atoms in total. The Morgan fingerprint density at radius 2 is 1.79 bits per heavy atom. The first-order chi connectivity index (χ1) is 8.87. The Morgan fingerprint density at radius 3 is 2.42 bits per heavy atom. The maximum Gasteiger partial charge on any atom is 0.412 e. The van der Waals surface area contributed by atoms with E-state index >= 15 is 0 Å². The van der Waals surface area contributed by atoms with E-state index in [1.54, 1.807) is 0 Å². The zero-order valence-electron chi connectivity index (χ0n) is 11.4. The van der Waals surface area contributed by atoms with Crippen molar-refractivity contribution in [2.75, 3.05) is 11.1 Å². The minimum absolute atomic E-state index is 0.483. The molecule has 2 aromatic carbocycles. The lowest BCUT2D eigenvalue weighted by molar-refractivity contribution is 0.0636. The van der Waals surface area contributed by atoms with Crippen LogP contribution in [0, 0.1) is 0 Å². The molecule has 2 aromatic rings. The molecule has 0 aliphatic rings. The Balaban J connectivity index is 2.33. The molecule has 3 N–H and O–H groups in total. The molecule has 0 aromatic heterocycles. The monoisotopic (exact) mass is 258 g/mol. The van der Waals surface area contributed by atoms with Gasteiger partial charge in [-0.3, -0.25) is 5.32 Å². The fraction of sp³-hybridized carbons (Fsp3) is 0.267. The highest BCUT2D eigenvalue weighted by atomic mass is 16.6. The van der Waals surface area contributed by atoms with Crippen molar-refractivity contribution in [1.29, 1.82) is 0 Å². The molecule has 0 aliphatic carbocycles. The number of carbonyl (C=O) groups is 1. The number of fused-ring (bicyclic) bond motifs is 1. The summed E-state index contributed by atoms with van der Waals surface area (Å²) in [5, 5.41) is 4.55. The van der Waals surface area contributed by atoms with Gasteiger partial charge in [0.05, 0.1) is 5.69 Å². The number of nitrogens with two attached hydrogens (primary N) is 1. The highest BCUT2D eigenvalue weighted by Gasteiger charge is 2.17. The molecule has 1 amide bonds. The highest BCUT2D eigenvalue weighted by molar-refractivity contribution is 6.06. The quantitative estimate of drug-likeness (QED) is 0.765. The number of nitrogen functional groups attached to an aromatic ring is 1. The number of amides is 1. The molecule has 0 atom stereocenters. The fourth-order valence-electron chi connectivity index (χ4n) is 1.89. The highest BCUT2D eigenvalue weighted by Crippen LogP contribution is 2.29. The molecular formula is C15H18N2O2. The molecule has 0 aliphatic heterocycles. The normalized spacial score (nSPS) is 11.3. The zero-order chi connectivity index (χ0) is 14.0. The first kappa shape index (κ1) is 13.2. The average molecular weight is 258 g/mol. The Labute approximate surface area is 112 Å². The molecule has 100 valence electrons. The van der Waals surface area contributed by atoms with Crippen molar-refractivity contribution >= 4 is 28.2 Å². The number of nitrogens with one attached hydrogen (secondary N) is 1. The molecule has 0 saturated carbocycles. The summed E-state index contributed by atoms with van der Waals surface area (Å²) < 4.78 is 5.24. The molecule has 0 fully saturated rings. The number of ether oxygens (including phenoxy) is 1. The van der Waals surface area contributed by atoms with Crippen molar-refractivity contribution < 1.29 is 9.53 Å². The number of carbonyl (C=O) groups excluding carboxylic acids is 1. The van der Waals surface area contributed by atoms with Crippen LogP contribution in [0.1, 0.15) is 20.8 Å². The van der Waals surface area contributed by atoms with Crippen LogP contribution in [0.2, 0.25) is 0 Å². The van der Waals surface area contributed by atoms with Crippen LogP contribution in [0.25, 0.3) is 10.8 Å². The fourth-order valence-corrected chi connectivity index (χ4v) is 1.89. The van der Waals surface area contributed by atoms with Crippen molar-refractivity contribution in [1.82, 2.24) is 0 Å². The van der Waals surface area contributed by atoms with Gasteiger partial charge in [-0.05, 0) is 38.3 Å². The maximum atomic E-state index is 11.8. The molecule has 0 bridgehead atoms. The van der Waals surface area contributed by atoms with Crippen molar-refractivity contribution in [2.24, 2.45) is 0 Å². The molecule has 19 heavy (non-hydrogen) atoms. The first-order valence-corrected chi connectivity index (χ1v) is 6.14. The van der Waals surface area contributed by atoms with Gasteiger partial charge in [0.1, 0.15) is 5.60 Å². The number of benzene rings is 2. The Hall–Kier alpha value is -2.23. The number of hydrogen-bond donors (Lipinski definition) is 2. The van der Waals surface area contributed by atoms with Gasteiger partial charge in [0.25, 0.3) is 0 Å². The van der Waals surface area contributed by atoms with E-state index in [0.29, 0.717) is 11.4 Å². The molecule has 2 rings (SSSR count). The summed E-state index contributed by atoms with van der Waals surface area (Å²) in [7, 11) is 0. The summed E-state index contributed by atoms with van der Waals surface area (Å²) in [5.41, 5.74) is 6.73. The smallest absolute Gasteiger partial charge is 0.412 e. The predicted octanol–water partition coefficient (Wildman–Crippen LogP) is 3.77. The summed E-state index contributed by atoms with van der Waals surface area (Å²) in [6.45, 7) is 5.47. The van der Waals surface area contributed by atoms with Crippen LogP contribution in [-0.2, 0) is 4.74 Å². The van der Waals surface area contributed by atoms with Gasteiger partial charge < -0.3 is 10.5 Å². The van der Waals surface area contributed by atoms with Crippen LogP contribution < -0.4 is 11.1 Å². The van der Waals surface area contributed by atoms with Gasteiger partial charge in [-0.25, -0.2) is 4.79 Å². The van der Waals surface area contributed by atoms with Crippen LogP contribution >= 0.6 is 0 Å². The van der Waals surface area contributed by atoms with Gasteiger partial charge in [-0.15, -0.1) is 0 Å². The SMILES string of the molecule is CC(C)(C)OC(=O)Nc1cccc2cccc(N)c12. The topological polar surface area (TPSA) is 64.3 Å². The molecule has 0 spiro atoms. The summed E-state index contributed by atoms with van der Waals surface area (Å²) in [6, 6.07) is 11.3. The third kappa shape index (κ3) is 3.16. The van der Waals surface area contributed by atoms with E-state index < -0.39 is 11.7 Å². The summed E-state index contributed by atoms with van der Waals surface area (Å²) >= 11 is 0. The van der Waals surface area contributed by atoms with E-state index in [9.17, 15) is 4.79 Å². The van der Waals surface area contributed by atoms with Crippen molar-refractivity contribution in [3.8, 4) is 0 Å². The third-order valence-corrected chi connectivity index (χ3v) is 2.57. The maximum absolute atomic E-state index is 11.8. The zero-order valence-corrected chi connectivity index (χ0v) is 11.4. The van der Waals surface area contributed by atoms with Crippen LogP contribution in [0.4, 0.5) is 16.2 Å². The Bertz CT molecular complexity index is 610. The summed E-state index contributed by atoms with van der Waals surface area (Å²) in [4.78, 5) is 11.8. The Kier molecular flexibility index (Phi) is 3.34. The largest absolute Gasteiger partial charge is 0.444 e. The van der Waals surface area contributed by atoms with E-state index in [1.165, 1.54) is 0 Å². The van der Waals surface area contributed by atoms with Crippen LogP contribution in [0.15, 0.2) is 36.4 Å². The third-order valence-electron chi connectivity index (χ3n) is 2.57. The minimum Gasteiger partial charge on any atom is -0.444 e. The van der Waals surface area contributed by atoms with E-state index in [4.69, 9.17) is 10.5 Å². The minimum atomic E-state index is -0.528. The molecule has 4 heteroatoms. The van der Waals surface area contributed by atoms with Gasteiger partial charge in [0.15, 0.2) is 0 Å². The van der Waals surface area contributed by atoms with E-state index in [0.717, 1.165) is 10.8 Å². The lowest BCUT2D eigenvalue weighted by Gasteiger charge is -2.20. The van der Waals surface area contributed by atoms with Crippen molar-refractivity contribution in [3.63, 3.8) is 0 Å². The second-order valence-corrected chi connectivity index (χ2v) is 5.38. The number of anilines is 2. The molecule has 0 radical (unpaired) electrons. The number of hydrogen-bond acceptors (Lipinski definition) is 3. The molecular weight excluding hydrogens is 240 g/mol. The molecule has 0 heterocycles. The van der Waals surface area contributed by atoms with Crippen molar-refractivity contribution in [3.05, 3.63) is 36.4 Å². The van der Waals surface area contributed by atoms with Crippen LogP contribution in [0.5, 0.6) is 0 Å². The summed E-state index contributed by atoms with van der Waals surface area (Å²) in [5.74, 6) is 0. The van der Waals surface area contributed by atoms with Crippen molar-refractivity contribution in [2.45, 2.75) is 26.4 Å². The predicted molar refractivity (Wildman–Crippen MR) is 78.2 cm³/mol. The van der Waals surface area contributed by atoms with Gasteiger partial charge in [0, 0.05) is 11.1 Å². The average Bonchev–Trinajstić information content (AvgIpc) is 2.26. The van der Waals surface area contributed by atoms with Gasteiger partial charge in [-0.1, -0.05) is 24.3 Å². The lowest BCUT2D eigenvalue weighted by Crippen LogP contribution is -2.27. The Morgan fingerprint density at radius 1 is 1.16 bits per heavy atom. The lowest BCUT2D eigenvalue weighted by atomic mass is 10.1. The summed E-state index contributed by atoms with van der Waals surface area (Å²) in [6.07, 6.45) is -0.483. The van der Waals surface area contributed by atoms with Crippen LogP contribution in [-0.4, -0.2) is 11.7 Å². The van der Waals surface area contributed by atoms with Gasteiger partial charge in [-0.2, -0.15) is 0 Å². The van der Waals surface area contributed by atoms with Gasteiger partial charge >= 0.3 is 6.09 Å². The van der Waals surface area contributed by atoms with E-state index in [2.05, 4.69) is 5.32 Å². The molecule has 0 unspecified atom stereocenters. The van der Waals surface area contributed by atoms with Gasteiger partial charge in [0.2, 0.25) is 0 Å². The van der Waals surface area contributed by atoms with E-state index in [1.807, 2.05) is 57.2 Å². The van der Waals surface area contributed by atoms with Crippen LogP contribution in [0.3, 0.4) is 0 Å². The van der Waals surface area contributed by atoms with E-state index in [-0.39, 0.29) is 0 Å². The first-order valence-electron chi connectivity index (χ1n) is 6.14. The second kappa shape index (κ2) is 4.80. The number of rotatable bonds is 1. The second-order valence-electron chi connectivity index (χ2n) is 5.38. The standard InChI is InChI=1S/C15H18N2O2/c1-15(2,3)19-14(18)17-12-9-5-7-10-6-4-8-11(16)13(10)12/h4-9H,16H2,1-3H3,(H,17,18). The molecule has 0 saturated heterocycles.